The van der Waals surface area contributed by atoms with Crippen LogP contribution in [0.4, 0.5) is 0 Å². The lowest BCUT2D eigenvalue weighted by Gasteiger charge is -2.04. The van der Waals surface area contributed by atoms with Crippen LogP contribution in [-0.4, -0.2) is 20.7 Å². The van der Waals surface area contributed by atoms with Crippen LogP contribution in [0, 0.1) is 22.7 Å². The first-order chi connectivity index (χ1) is 22.2. The lowest BCUT2D eigenvalue weighted by Crippen LogP contribution is -2.12. The van der Waals surface area contributed by atoms with Crippen LogP contribution >= 0.6 is 45.9 Å². The van der Waals surface area contributed by atoms with Gasteiger partial charge in [-0.25, -0.2) is 0 Å². The second-order valence-electron chi connectivity index (χ2n) is 9.84. The maximum absolute atomic E-state index is 12.6. The van der Waals surface area contributed by atoms with Crippen molar-refractivity contribution in [1.29, 1.82) is 10.5 Å². The third-order valence-corrected chi connectivity index (χ3v) is 9.54. The van der Waals surface area contributed by atoms with E-state index in [4.69, 9.17) is 33.7 Å². The molecule has 0 spiro atoms. The fourth-order valence-electron chi connectivity index (χ4n) is 4.76. The van der Waals surface area contributed by atoms with Crippen molar-refractivity contribution in [3.63, 3.8) is 0 Å². The van der Waals surface area contributed by atoms with Crippen molar-refractivity contribution in [3.05, 3.63) is 137 Å². The molecule has 0 aliphatic carbocycles. The molecule has 2 heterocycles. The molecule has 8 nitrogen and oxygen atoms in total. The summed E-state index contributed by atoms with van der Waals surface area (Å²) >= 11 is 14.3. The Bertz CT molecular complexity index is 2160. The Labute approximate surface area is 280 Å². The number of thiazole rings is 2. The number of carbonyl (C=O) groups is 2. The average Bonchev–Trinajstić information content (AvgIpc) is 3.55. The summed E-state index contributed by atoms with van der Waals surface area (Å²) in [5, 5.41) is 18.2. The van der Waals surface area contributed by atoms with Crippen molar-refractivity contribution in [1.82, 2.24) is 9.13 Å². The van der Waals surface area contributed by atoms with Gasteiger partial charge in [-0.1, -0.05) is 70.1 Å². The van der Waals surface area contributed by atoms with Crippen molar-refractivity contribution >= 4 is 77.9 Å². The van der Waals surface area contributed by atoms with Crippen molar-refractivity contribution < 1.29 is 9.59 Å². The minimum absolute atomic E-state index is 0.127. The molecule has 46 heavy (non-hydrogen) atoms. The third-order valence-electron chi connectivity index (χ3n) is 6.99. The van der Waals surface area contributed by atoms with Crippen molar-refractivity contribution in [3.8, 4) is 12.1 Å². The summed E-state index contributed by atoms with van der Waals surface area (Å²) in [6.45, 7) is 0.709. The lowest BCUT2D eigenvalue weighted by atomic mass is 10.0. The molecule has 228 valence electrons. The molecule has 0 radical (unpaired) electrons. The highest BCUT2D eigenvalue weighted by Crippen LogP contribution is 2.25. The highest BCUT2D eigenvalue weighted by Gasteiger charge is 2.16. The Hall–Kier alpha value is -4.84. The molecule has 0 unspecified atom stereocenters. The Morgan fingerprint density at radius 1 is 0.630 bits per heavy atom. The number of halogens is 2. The summed E-state index contributed by atoms with van der Waals surface area (Å²) in [5.41, 5.74) is 3.32. The summed E-state index contributed by atoms with van der Waals surface area (Å²) < 4.78 is 4.58. The van der Waals surface area contributed by atoms with Crippen molar-refractivity contribution in [2.24, 2.45) is 0 Å². The van der Waals surface area contributed by atoms with Gasteiger partial charge in [0.15, 0.2) is 11.6 Å². The van der Waals surface area contributed by atoms with Gasteiger partial charge in [0.05, 0.1) is 55.5 Å². The van der Waals surface area contributed by atoms with Crippen LogP contribution in [0.2, 0.25) is 10.0 Å². The smallest absolute Gasteiger partial charge is 0.298 e. The Morgan fingerprint density at radius 3 is 1.39 bits per heavy atom. The number of nitriles is 2. The van der Waals surface area contributed by atoms with Crippen LogP contribution in [0.25, 0.3) is 20.4 Å². The van der Waals surface area contributed by atoms with E-state index in [9.17, 15) is 19.2 Å². The lowest BCUT2D eigenvalue weighted by molar-refractivity contribution is 0.103. The summed E-state index contributed by atoms with van der Waals surface area (Å²) in [4.78, 5) is 48.9. The zero-order valence-corrected chi connectivity index (χ0v) is 27.1. The van der Waals surface area contributed by atoms with E-state index >= 15 is 0 Å². The largest absolute Gasteiger partial charge is 0.308 e. The SMILES string of the molecule is N#CCCn1c(=O)sc2cc(C(=O)c3ccccc3Cl)ccc21.N#CCCn1c(=O)sc2cc(C(=O)c3ccccc3Cl)ccc21. The van der Waals surface area contributed by atoms with E-state index in [-0.39, 0.29) is 34.2 Å². The number of hydrogen-bond donors (Lipinski definition) is 0. The first-order valence-corrected chi connectivity index (χ1v) is 16.2. The van der Waals surface area contributed by atoms with Gasteiger partial charge in [-0.15, -0.1) is 0 Å². The fraction of sp³-hybridized carbons (Fsp3) is 0.118. The maximum atomic E-state index is 12.6. The number of hydrogen-bond acceptors (Lipinski definition) is 8. The number of carbonyl (C=O) groups excluding carboxylic acids is 2. The third kappa shape index (κ3) is 6.86. The topological polar surface area (TPSA) is 126 Å². The van der Waals surface area contributed by atoms with Crippen LogP contribution in [0.15, 0.2) is 94.5 Å². The molecular formula is C34H22Cl2N4O4S2. The zero-order valence-electron chi connectivity index (χ0n) is 23.9. The molecule has 0 bridgehead atoms. The van der Waals surface area contributed by atoms with E-state index < -0.39 is 0 Å². The number of ketones is 2. The molecule has 0 N–H and O–H groups in total. The number of aryl methyl sites for hydroxylation is 2. The molecule has 6 rings (SSSR count). The first-order valence-electron chi connectivity index (χ1n) is 13.8. The van der Waals surface area contributed by atoms with E-state index in [1.165, 1.54) is 0 Å². The molecule has 4 aromatic carbocycles. The number of aromatic nitrogens is 2. The second kappa shape index (κ2) is 14.5. The molecule has 12 heteroatoms. The molecule has 0 saturated carbocycles. The number of fused-ring (bicyclic) bond motifs is 2. The van der Waals surface area contributed by atoms with Gasteiger partial charge in [-0.05, 0) is 60.7 Å². The fourth-order valence-corrected chi connectivity index (χ4v) is 7.12. The molecule has 2 aromatic heterocycles. The van der Waals surface area contributed by atoms with Gasteiger partial charge in [0.25, 0.3) is 0 Å². The molecule has 0 fully saturated rings. The quantitative estimate of drug-likeness (QED) is 0.151. The maximum Gasteiger partial charge on any atom is 0.308 e. The van der Waals surface area contributed by atoms with Gasteiger partial charge in [0.1, 0.15) is 0 Å². The minimum Gasteiger partial charge on any atom is -0.298 e. The molecule has 0 saturated heterocycles. The predicted molar refractivity (Wildman–Crippen MR) is 182 cm³/mol. The molecule has 0 aliphatic rings. The summed E-state index contributed by atoms with van der Waals surface area (Å²) in [5.74, 6) is -0.358. The normalized spacial score (nSPS) is 10.6. The molecule has 0 aliphatic heterocycles. The highest BCUT2D eigenvalue weighted by atomic mass is 35.5. The highest BCUT2D eigenvalue weighted by molar-refractivity contribution is 7.16. The van der Waals surface area contributed by atoms with Crippen LogP contribution < -0.4 is 9.75 Å². The zero-order chi connectivity index (χ0) is 32.8. The van der Waals surface area contributed by atoms with Crippen LogP contribution in [-0.2, 0) is 13.1 Å². The van der Waals surface area contributed by atoms with E-state index in [0.29, 0.717) is 45.4 Å². The molecule has 0 atom stereocenters. The van der Waals surface area contributed by atoms with E-state index in [1.807, 2.05) is 12.1 Å². The van der Waals surface area contributed by atoms with Crippen molar-refractivity contribution in [2.45, 2.75) is 25.9 Å². The van der Waals surface area contributed by atoms with Crippen LogP contribution in [0.3, 0.4) is 0 Å². The summed E-state index contributed by atoms with van der Waals surface area (Å²) in [6.07, 6.45) is 0.540. The predicted octanol–water partition coefficient (Wildman–Crippen LogP) is 7.72. The Balaban J connectivity index is 0.000000181. The van der Waals surface area contributed by atoms with Gasteiger partial charge >= 0.3 is 9.75 Å². The van der Waals surface area contributed by atoms with Gasteiger partial charge in [-0.2, -0.15) is 10.5 Å². The number of benzene rings is 4. The summed E-state index contributed by atoms with van der Waals surface area (Å²) in [7, 11) is 0. The van der Waals surface area contributed by atoms with E-state index in [1.54, 1.807) is 94.1 Å². The van der Waals surface area contributed by atoms with E-state index in [0.717, 1.165) is 43.1 Å². The summed E-state index contributed by atoms with van der Waals surface area (Å²) in [6, 6.07) is 28.1. The Morgan fingerprint density at radius 2 is 1.02 bits per heavy atom. The van der Waals surface area contributed by atoms with E-state index in [2.05, 4.69) is 0 Å². The minimum atomic E-state index is -0.179. The molecular weight excluding hydrogens is 663 g/mol. The monoisotopic (exact) mass is 684 g/mol. The second-order valence-corrected chi connectivity index (χ2v) is 12.6. The van der Waals surface area contributed by atoms with Gasteiger partial charge in [0, 0.05) is 35.3 Å². The molecule has 6 aromatic rings. The van der Waals surface area contributed by atoms with Gasteiger partial charge in [0.2, 0.25) is 0 Å². The van der Waals surface area contributed by atoms with Crippen LogP contribution in [0.5, 0.6) is 0 Å². The average molecular weight is 686 g/mol. The Kier molecular flexibility index (Phi) is 10.3. The number of nitrogens with zero attached hydrogens (tertiary/aromatic N) is 4. The number of rotatable bonds is 8. The van der Waals surface area contributed by atoms with Crippen molar-refractivity contribution in [2.75, 3.05) is 0 Å². The van der Waals surface area contributed by atoms with Crippen LogP contribution in [0.1, 0.15) is 44.7 Å². The van der Waals surface area contributed by atoms with Gasteiger partial charge < -0.3 is 0 Å². The van der Waals surface area contributed by atoms with Gasteiger partial charge in [-0.3, -0.25) is 28.3 Å². The molecule has 0 amide bonds. The first kappa shape index (κ1) is 32.6. The standard InChI is InChI=1S/2C17H11ClN2O2S/c2*18-13-5-2-1-4-12(13)16(21)11-6-7-14-15(10-11)23-17(22)20(14)9-3-8-19/h2*1-2,4-7,10H,3,9H2.